The second-order valence-corrected chi connectivity index (χ2v) is 7.45. The molecule has 6 heteroatoms. The monoisotopic (exact) mass is 356 g/mol. The van der Waals surface area contributed by atoms with E-state index in [4.69, 9.17) is 4.42 Å². The molecule has 0 aliphatic carbocycles. The van der Waals surface area contributed by atoms with Crippen molar-refractivity contribution in [2.45, 2.75) is 24.8 Å². The second kappa shape index (κ2) is 6.96. The van der Waals surface area contributed by atoms with Gasteiger partial charge >= 0.3 is 0 Å². The topological polar surface area (TPSA) is 53.8 Å². The highest BCUT2D eigenvalue weighted by Gasteiger charge is 2.33. The minimum atomic E-state index is -0.0338. The number of thioether (sulfide) groups is 1. The van der Waals surface area contributed by atoms with Crippen molar-refractivity contribution in [1.29, 1.82) is 0 Å². The van der Waals surface area contributed by atoms with Crippen LogP contribution in [0.15, 0.2) is 47.1 Å². The average molecular weight is 356 g/mol. The summed E-state index contributed by atoms with van der Waals surface area (Å²) in [7, 11) is 0. The lowest BCUT2D eigenvalue weighted by Crippen LogP contribution is -2.28. The van der Waals surface area contributed by atoms with E-state index in [9.17, 15) is 9.59 Å². The summed E-state index contributed by atoms with van der Waals surface area (Å²) in [6.07, 6.45) is 3.80. The second-order valence-electron chi connectivity index (χ2n) is 6.39. The van der Waals surface area contributed by atoms with Crippen molar-refractivity contribution in [2.24, 2.45) is 0 Å². The summed E-state index contributed by atoms with van der Waals surface area (Å²) in [6, 6.07) is 11.4. The zero-order valence-corrected chi connectivity index (χ0v) is 14.7. The van der Waals surface area contributed by atoms with Crippen LogP contribution in [-0.4, -0.2) is 40.5 Å². The van der Waals surface area contributed by atoms with Gasteiger partial charge < -0.3 is 14.2 Å². The summed E-state index contributed by atoms with van der Waals surface area (Å²) in [5.41, 5.74) is 1.76. The molecule has 2 aliphatic heterocycles. The van der Waals surface area contributed by atoms with E-state index in [1.807, 2.05) is 46.2 Å². The number of rotatable bonds is 4. The Morgan fingerprint density at radius 3 is 2.60 bits per heavy atom. The summed E-state index contributed by atoms with van der Waals surface area (Å²) >= 11 is 1.61. The molecule has 1 atom stereocenters. The van der Waals surface area contributed by atoms with E-state index < -0.39 is 0 Å². The molecule has 0 saturated carbocycles. The molecule has 1 aromatic carbocycles. The lowest BCUT2D eigenvalue weighted by molar-refractivity contribution is -0.128. The number of hydrogen-bond donors (Lipinski definition) is 0. The molecule has 0 spiro atoms. The first kappa shape index (κ1) is 16.3. The largest absolute Gasteiger partial charge is 0.467 e. The van der Waals surface area contributed by atoms with Gasteiger partial charge in [0.2, 0.25) is 5.91 Å². The zero-order chi connectivity index (χ0) is 17.2. The van der Waals surface area contributed by atoms with E-state index in [-0.39, 0.29) is 17.2 Å². The van der Waals surface area contributed by atoms with Crippen LogP contribution in [0.3, 0.4) is 0 Å². The van der Waals surface area contributed by atoms with Crippen LogP contribution in [0.1, 0.15) is 39.9 Å². The Morgan fingerprint density at radius 1 is 1.16 bits per heavy atom. The maximum absolute atomic E-state index is 12.5. The Bertz CT molecular complexity index is 751. The van der Waals surface area contributed by atoms with Gasteiger partial charge in [-0.3, -0.25) is 9.59 Å². The van der Waals surface area contributed by atoms with E-state index in [1.165, 1.54) is 0 Å². The average Bonchev–Trinajstić information content (AvgIpc) is 3.39. The van der Waals surface area contributed by atoms with Crippen molar-refractivity contribution in [3.8, 4) is 0 Å². The number of hydrogen-bond acceptors (Lipinski definition) is 4. The van der Waals surface area contributed by atoms with Crippen LogP contribution in [0.2, 0.25) is 0 Å². The molecule has 0 bridgehead atoms. The first-order chi connectivity index (χ1) is 12.2. The Kier molecular flexibility index (Phi) is 4.53. The Balaban J connectivity index is 1.50. The van der Waals surface area contributed by atoms with Crippen molar-refractivity contribution >= 4 is 23.6 Å². The van der Waals surface area contributed by atoms with E-state index in [2.05, 4.69) is 0 Å². The maximum Gasteiger partial charge on any atom is 0.253 e. The SMILES string of the molecule is O=C(c1ccc([C@H]2SCC(=O)N2Cc2ccco2)cc1)N1CCCC1. The predicted molar refractivity (Wildman–Crippen MR) is 96.0 cm³/mol. The van der Waals surface area contributed by atoms with Gasteiger partial charge in [0.05, 0.1) is 18.6 Å². The van der Waals surface area contributed by atoms with Crippen molar-refractivity contribution in [2.75, 3.05) is 18.8 Å². The van der Waals surface area contributed by atoms with Crippen LogP contribution in [0, 0.1) is 0 Å². The quantitative estimate of drug-likeness (QED) is 0.844. The highest BCUT2D eigenvalue weighted by atomic mass is 32.2. The molecule has 4 rings (SSSR count). The molecular formula is C19H20N2O3S. The van der Waals surface area contributed by atoms with Crippen LogP contribution in [0.25, 0.3) is 0 Å². The molecule has 1 aromatic heterocycles. The fourth-order valence-electron chi connectivity index (χ4n) is 3.36. The van der Waals surface area contributed by atoms with Gasteiger partial charge in [-0.1, -0.05) is 12.1 Å². The third-order valence-corrected chi connectivity index (χ3v) is 5.97. The fourth-order valence-corrected chi connectivity index (χ4v) is 4.55. The number of carbonyl (C=O) groups excluding carboxylic acids is 2. The molecule has 25 heavy (non-hydrogen) atoms. The fraction of sp³-hybridized carbons (Fsp3) is 0.368. The molecule has 130 valence electrons. The Hall–Kier alpha value is -2.21. The van der Waals surface area contributed by atoms with E-state index in [0.29, 0.717) is 12.3 Å². The number of furan rings is 1. The summed E-state index contributed by atoms with van der Waals surface area (Å²) < 4.78 is 5.38. The van der Waals surface area contributed by atoms with Crippen molar-refractivity contribution in [3.05, 3.63) is 59.5 Å². The molecule has 0 radical (unpaired) electrons. The minimum Gasteiger partial charge on any atom is -0.467 e. The smallest absolute Gasteiger partial charge is 0.253 e. The van der Waals surface area contributed by atoms with Gasteiger partial charge in [-0.15, -0.1) is 11.8 Å². The molecule has 2 aliphatic rings. The Labute approximate surface area is 151 Å². The molecular weight excluding hydrogens is 336 g/mol. The molecule has 5 nitrogen and oxygen atoms in total. The van der Waals surface area contributed by atoms with Gasteiger partial charge in [0.25, 0.3) is 5.91 Å². The standard InChI is InChI=1S/C19H20N2O3S/c22-17-13-25-19(21(17)12-16-4-3-11-24-16)15-7-5-14(6-8-15)18(23)20-9-1-2-10-20/h3-8,11,19H,1-2,9-10,12-13H2/t19-/m1/s1. The highest BCUT2D eigenvalue weighted by Crippen LogP contribution is 2.39. The lowest BCUT2D eigenvalue weighted by Gasteiger charge is -2.23. The summed E-state index contributed by atoms with van der Waals surface area (Å²) in [4.78, 5) is 28.4. The highest BCUT2D eigenvalue weighted by molar-refractivity contribution is 8.00. The third kappa shape index (κ3) is 3.31. The van der Waals surface area contributed by atoms with Gasteiger partial charge in [-0.25, -0.2) is 0 Å². The van der Waals surface area contributed by atoms with Crippen LogP contribution < -0.4 is 0 Å². The first-order valence-electron chi connectivity index (χ1n) is 8.55. The number of amides is 2. The van der Waals surface area contributed by atoms with Gasteiger partial charge in [0.1, 0.15) is 11.1 Å². The van der Waals surface area contributed by atoms with E-state index in [0.717, 1.165) is 42.8 Å². The molecule has 2 saturated heterocycles. The van der Waals surface area contributed by atoms with Crippen LogP contribution >= 0.6 is 11.8 Å². The molecule has 2 fully saturated rings. The van der Waals surface area contributed by atoms with Crippen LogP contribution in [0.4, 0.5) is 0 Å². The van der Waals surface area contributed by atoms with Crippen molar-refractivity contribution in [3.63, 3.8) is 0 Å². The Morgan fingerprint density at radius 2 is 1.92 bits per heavy atom. The molecule has 3 heterocycles. The predicted octanol–water partition coefficient (Wildman–Crippen LogP) is 3.29. The van der Waals surface area contributed by atoms with Gasteiger partial charge in [-0.05, 0) is 42.7 Å². The molecule has 2 aromatic rings. The first-order valence-corrected chi connectivity index (χ1v) is 9.60. The van der Waals surface area contributed by atoms with Gasteiger partial charge in [0.15, 0.2) is 0 Å². The minimum absolute atomic E-state index is 0.0338. The van der Waals surface area contributed by atoms with Crippen molar-refractivity contribution < 1.29 is 14.0 Å². The van der Waals surface area contributed by atoms with Crippen LogP contribution in [0.5, 0.6) is 0 Å². The summed E-state index contributed by atoms with van der Waals surface area (Å²) in [5, 5.41) is -0.0338. The number of likely N-dealkylation sites (tertiary alicyclic amines) is 1. The van der Waals surface area contributed by atoms with Crippen LogP contribution in [-0.2, 0) is 11.3 Å². The third-order valence-electron chi connectivity index (χ3n) is 4.71. The van der Waals surface area contributed by atoms with Crippen molar-refractivity contribution in [1.82, 2.24) is 9.80 Å². The molecule has 2 amide bonds. The summed E-state index contributed by atoms with van der Waals surface area (Å²) in [6.45, 7) is 2.17. The molecule has 0 N–H and O–H groups in total. The van der Waals surface area contributed by atoms with E-state index >= 15 is 0 Å². The normalized spacial score (nSPS) is 20.5. The van der Waals surface area contributed by atoms with E-state index in [1.54, 1.807) is 18.0 Å². The number of benzene rings is 1. The zero-order valence-electron chi connectivity index (χ0n) is 13.9. The maximum atomic E-state index is 12.5. The van der Waals surface area contributed by atoms with Gasteiger partial charge in [-0.2, -0.15) is 0 Å². The molecule has 0 unspecified atom stereocenters. The number of nitrogens with zero attached hydrogens (tertiary/aromatic N) is 2. The summed E-state index contributed by atoms with van der Waals surface area (Å²) in [5.74, 6) is 1.47. The number of carbonyl (C=O) groups is 2. The van der Waals surface area contributed by atoms with Gasteiger partial charge in [0, 0.05) is 18.7 Å². The lowest BCUT2D eigenvalue weighted by atomic mass is 10.1.